The van der Waals surface area contributed by atoms with E-state index in [0.717, 1.165) is 6.42 Å². The van der Waals surface area contributed by atoms with Crippen LogP contribution in [-0.4, -0.2) is 26.7 Å². The van der Waals surface area contributed by atoms with Gasteiger partial charge in [-0.3, -0.25) is 4.79 Å². The molecule has 20 heavy (non-hydrogen) atoms. The number of nitrogens with one attached hydrogen (secondary N) is 2. The van der Waals surface area contributed by atoms with Crippen LogP contribution in [0.2, 0.25) is 0 Å². The van der Waals surface area contributed by atoms with Gasteiger partial charge >= 0.3 is 0 Å². The highest BCUT2D eigenvalue weighted by molar-refractivity contribution is 7.89. The third kappa shape index (κ3) is 5.48. The Bertz CT molecular complexity index is 543. The summed E-state index contributed by atoms with van der Waals surface area (Å²) in [7, 11) is -3.52. The number of carbonyl (C=O) groups is 1. The molecule has 1 aromatic rings. The van der Waals surface area contributed by atoms with Crippen molar-refractivity contribution >= 4 is 33.2 Å². The lowest BCUT2D eigenvalue weighted by atomic mass is 10.1. The molecule has 0 fully saturated rings. The third-order valence-electron chi connectivity index (χ3n) is 2.71. The molecule has 1 unspecified atom stereocenters. The number of anilines is 1. The summed E-state index contributed by atoms with van der Waals surface area (Å²) in [6.45, 7) is 3.68. The van der Waals surface area contributed by atoms with Gasteiger partial charge in [-0.15, -0.1) is 11.6 Å². The minimum absolute atomic E-state index is 0.171. The third-order valence-corrected chi connectivity index (χ3v) is 4.37. The highest BCUT2D eigenvalue weighted by Gasteiger charge is 2.14. The molecule has 0 aromatic heterocycles. The van der Waals surface area contributed by atoms with E-state index >= 15 is 0 Å². The zero-order valence-corrected chi connectivity index (χ0v) is 13.1. The largest absolute Gasteiger partial charge is 0.326 e. The zero-order valence-electron chi connectivity index (χ0n) is 11.5. The van der Waals surface area contributed by atoms with Crippen molar-refractivity contribution in [3.8, 4) is 0 Å². The van der Waals surface area contributed by atoms with Crippen molar-refractivity contribution in [3.63, 3.8) is 0 Å². The van der Waals surface area contributed by atoms with Crippen molar-refractivity contribution in [1.82, 2.24) is 4.72 Å². The topological polar surface area (TPSA) is 75.3 Å². The van der Waals surface area contributed by atoms with Crippen LogP contribution < -0.4 is 10.0 Å². The second kappa shape index (κ2) is 7.61. The molecule has 0 radical (unpaired) electrons. The summed E-state index contributed by atoms with van der Waals surface area (Å²) in [5.74, 6) is 0.489. The lowest BCUT2D eigenvalue weighted by molar-refractivity contribution is -0.114. The molecule has 0 saturated carbocycles. The van der Waals surface area contributed by atoms with Gasteiger partial charge in [-0.25, -0.2) is 13.1 Å². The van der Waals surface area contributed by atoms with Crippen molar-refractivity contribution in [2.45, 2.75) is 25.2 Å². The molecule has 5 nitrogen and oxygen atoms in total. The Labute approximate surface area is 124 Å². The van der Waals surface area contributed by atoms with Crippen LogP contribution in [-0.2, 0) is 14.8 Å². The van der Waals surface area contributed by atoms with Crippen LogP contribution in [0.4, 0.5) is 5.69 Å². The number of carbonyl (C=O) groups excluding carboxylic acids is 1. The van der Waals surface area contributed by atoms with Gasteiger partial charge in [0.15, 0.2) is 0 Å². The van der Waals surface area contributed by atoms with E-state index in [9.17, 15) is 13.2 Å². The summed E-state index contributed by atoms with van der Waals surface area (Å²) < 4.78 is 26.6. The van der Waals surface area contributed by atoms with Crippen LogP contribution in [0.25, 0.3) is 0 Å². The van der Waals surface area contributed by atoms with Crippen LogP contribution in [0.15, 0.2) is 29.2 Å². The molecular weight excluding hydrogens is 300 g/mol. The molecule has 0 aliphatic carbocycles. The first-order valence-electron chi connectivity index (χ1n) is 6.28. The molecule has 7 heteroatoms. The first-order valence-corrected chi connectivity index (χ1v) is 8.30. The molecule has 0 aliphatic rings. The second-order valence-electron chi connectivity index (χ2n) is 4.64. The number of rotatable bonds is 7. The van der Waals surface area contributed by atoms with Crippen molar-refractivity contribution in [1.29, 1.82) is 0 Å². The Kier molecular flexibility index (Phi) is 6.45. The predicted molar refractivity (Wildman–Crippen MR) is 80.4 cm³/mol. The first kappa shape index (κ1) is 16.9. The Balaban J connectivity index is 2.70. The molecule has 112 valence electrons. The molecule has 0 aliphatic heterocycles. The van der Waals surface area contributed by atoms with Crippen molar-refractivity contribution in [3.05, 3.63) is 24.3 Å². The van der Waals surface area contributed by atoms with Crippen LogP contribution in [0.1, 0.15) is 20.3 Å². The Hall–Kier alpha value is -1.11. The van der Waals surface area contributed by atoms with Gasteiger partial charge in [0.25, 0.3) is 0 Å². The summed E-state index contributed by atoms with van der Waals surface area (Å²) in [6, 6.07) is 6.02. The van der Waals surface area contributed by atoms with Gasteiger partial charge in [0.05, 0.1) is 4.90 Å². The average molecular weight is 319 g/mol. The molecule has 0 bridgehead atoms. The number of sulfonamides is 1. The van der Waals surface area contributed by atoms with Gasteiger partial charge in [-0.05, 0) is 36.6 Å². The molecule has 1 aromatic carbocycles. The smallest absolute Gasteiger partial charge is 0.240 e. The van der Waals surface area contributed by atoms with Gasteiger partial charge in [0.1, 0.15) is 0 Å². The van der Waals surface area contributed by atoms with E-state index < -0.39 is 10.0 Å². The van der Waals surface area contributed by atoms with Crippen molar-refractivity contribution < 1.29 is 13.2 Å². The summed E-state index contributed by atoms with van der Waals surface area (Å²) in [5.41, 5.74) is 0.562. The zero-order chi connectivity index (χ0) is 15.2. The quantitative estimate of drug-likeness (QED) is 0.757. The van der Waals surface area contributed by atoms with Gasteiger partial charge in [-0.2, -0.15) is 0 Å². The van der Waals surface area contributed by atoms with Crippen LogP contribution in [0.3, 0.4) is 0 Å². The van der Waals surface area contributed by atoms with Gasteiger partial charge < -0.3 is 5.32 Å². The molecule has 1 rings (SSSR count). The number of amides is 1. The van der Waals surface area contributed by atoms with E-state index in [1.165, 1.54) is 19.1 Å². The second-order valence-corrected chi connectivity index (χ2v) is 6.79. The van der Waals surface area contributed by atoms with E-state index in [-0.39, 0.29) is 16.7 Å². The summed E-state index contributed by atoms with van der Waals surface area (Å²) in [5, 5.41) is 2.58. The van der Waals surface area contributed by atoms with E-state index in [0.29, 0.717) is 18.1 Å². The summed E-state index contributed by atoms with van der Waals surface area (Å²) in [6.07, 6.45) is 0.756. The van der Waals surface area contributed by atoms with E-state index in [1.807, 2.05) is 6.92 Å². The monoisotopic (exact) mass is 318 g/mol. The van der Waals surface area contributed by atoms with Gasteiger partial charge in [-0.1, -0.05) is 6.92 Å². The maximum absolute atomic E-state index is 12.0. The van der Waals surface area contributed by atoms with Gasteiger partial charge in [0, 0.05) is 25.0 Å². The molecular formula is C13H19ClN2O3S. The minimum atomic E-state index is -3.52. The highest BCUT2D eigenvalue weighted by atomic mass is 35.5. The standard InChI is InChI=1S/C13H19ClN2O3S/c1-10(7-8-14)9-15-20(18,19)13-5-3-12(4-6-13)16-11(2)17/h3-6,10,15H,7-9H2,1-2H3,(H,16,17). The SMILES string of the molecule is CC(=O)Nc1ccc(S(=O)(=O)NCC(C)CCCl)cc1. The van der Waals surface area contributed by atoms with Crippen LogP contribution >= 0.6 is 11.6 Å². The fourth-order valence-electron chi connectivity index (χ4n) is 1.54. The van der Waals surface area contributed by atoms with E-state index in [1.54, 1.807) is 12.1 Å². The minimum Gasteiger partial charge on any atom is -0.326 e. The normalized spacial score (nSPS) is 12.9. The number of hydrogen-bond acceptors (Lipinski definition) is 3. The maximum atomic E-state index is 12.0. The number of hydrogen-bond donors (Lipinski definition) is 2. The summed E-state index contributed by atoms with van der Waals surface area (Å²) in [4.78, 5) is 11.1. The Morgan fingerprint density at radius 3 is 2.40 bits per heavy atom. The van der Waals surface area contributed by atoms with Crippen LogP contribution in [0.5, 0.6) is 0 Å². The molecule has 0 saturated heterocycles. The number of benzene rings is 1. The highest BCUT2D eigenvalue weighted by Crippen LogP contribution is 2.14. The first-order chi connectivity index (χ1) is 9.35. The molecule has 0 heterocycles. The summed E-state index contributed by atoms with van der Waals surface area (Å²) >= 11 is 5.61. The molecule has 2 N–H and O–H groups in total. The molecule has 0 spiro atoms. The van der Waals surface area contributed by atoms with Crippen molar-refractivity contribution in [2.24, 2.45) is 5.92 Å². The lowest BCUT2D eigenvalue weighted by Gasteiger charge is -2.12. The van der Waals surface area contributed by atoms with Crippen LogP contribution in [0, 0.1) is 5.92 Å². The molecule has 1 amide bonds. The average Bonchev–Trinajstić information content (AvgIpc) is 2.37. The predicted octanol–water partition coefficient (Wildman–Crippen LogP) is 2.19. The van der Waals surface area contributed by atoms with Crippen molar-refractivity contribution in [2.75, 3.05) is 17.7 Å². The Morgan fingerprint density at radius 2 is 1.90 bits per heavy atom. The van der Waals surface area contributed by atoms with E-state index in [2.05, 4.69) is 10.0 Å². The number of alkyl halides is 1. The Morgan fingerprint density at radius 1 is 1.30 bits per heavy atom. The lowest BCUT2D eigenvalue weighted by Crippen LogP contribution is -2.28. The fourth-order valence-corrected chi connectivity index (χ4v) is 3.08. The fraction of sp³-hybridized carbons (Fsp3) is 0.462. The molecule has 1 atom stereocenters. The maximum Gasteiger partial charge on any atom is 0.240 e. The number of halogens is 1. The van der Waals surface area contributed by atoms with E-state index in [4.69, 9.17) is 11.6 Å². The van der Waals surface area contributed by atoms with Gasteiger partial charge in [0.2, 0.25) is 15.9 Å².